The fraction of sp³-hybridized carbons (Fsp3) is 0.316. The third-order valence-corrected chi connectivity index (χ3v) is 4.35. The SMILES string of the molecule is Cc1cc(C)c2[nH]c(C)c(CC(=O)NCCc3cc(=O)[nH]cn3)c2c1. The Balaban J connectivity index is 1.68. The first-order valence-corrected chi connectivity index (χ1v) is 8.32. The van der Waals surface area contributed by atoms with Gasteiger partial charge in [0.1, 0.15) is 0 Å². The minimum Gasteiger partial charge on any atom is -0.358 e. The van der Waals surface area contributed by atoms with E-state index in [0.29, 0.717) is 25.1 Å². The van der Waals surface area contributed by atoms with Crippen LogP contribution in [0.2, 0.25) is 0 Å². The summed E-state index contributed by atoms with van der Waals surface area (Å²) >= 11 is 0. The molecular formula is C19H22N4O2. The quantitative estimate of drug-likeness (QED) is 0.665. The van der Waals surface area contributed by atoms with Crippen molar-refractivity contribution < 1.29 is 4.79 Å². The van der Waals surface area contributed by atoms with Gasteiger partial charge in [0.05, 0.1) is 12.7 Å². The van der Waals surface area contributed by atoms with E-state index in [0.717, 1.165) is 22.2 Å². The standard InChI is InChI=1S/C19H22N4O2/c1-11-6-12(2)19-16(7-11)15(13(3)23-19)9-18(25)20-5-4-14-8-17(24)22-10-21-14/h6-8,10,23H,4-5,9H2,1-3H3,(H,20,25)(H,21,22,24). The molecule has 6 nitrogen and oxygen atoms in total. The highest BCUT2D eigenvalue weighted by Crippen LogP contribution is 2.26. The summed E-state index contributed by atoms with van der Waals surface area (Å²) in [6, 6.07) is 5.70. The zero-order chi connectivity index (χ0) is 18.0. The third kappa shape index (κ3) is 3.79. The maximum atomic E-state index is 12.3. The first kappa shape index (κ1) is 17.0. The normalized spacial score (nSPS) is 11.0. The van der Waals surface area contributed by atoms with Crippen molar-refractivity contribution in [2.75, 3.05) is 6.54 Å². The van der Waals surface area contributed by atoms with Crippen molar-refractivity contribution in [2.45, 2.75) is 33.6 Å². The molecule has 0 aliphatic rings. The molecule has 0 fully saturated rings. The minimum atomic E-state index is -0.184. The molecule has 0 unspecified atom stereocenters. The van der Waals surface area contributed by atoms with E-state index in [1.165, 1.54) is 23.5 Å². The zero-order valence-electron chi connectivity index (χ0n) is 14.7. The second-order valence-corrected chi connectivity index (χ2v) is 6.41. The molecule has 0 atom stereocenters. The number of hydrogen-bond donors (Lipinski definition) is 3. The molecule has 0 bridgehead atoms. The number of aromatic nitrogens is 3. The Morgan fingerprint density at radius 3 is 2.76 bits per heavy atom. The lowest BCUT2D eigenvalue weighted by Gasteiger charge is -2.06. The predicted octanol–water partition coefficient (Wildman–Crippen LogP) is 2.08. The highest BCUT2D eigenvalue weighted by Gasteiger charge is 2.14. The highest BCUT2D eigenvalue weighted by atomic mass is 16.1. The van der Waals surface area contributed by atoms with Gasteiger partial charge in [-0.15, -0.1) is 0 Å². The van der Waals surface area contributed by atoms with E-state index in [1.54, 1.807) is 0 Å². The number of nitrogens with zero attached hydrogens (tertiary/aromatic N) is 1. The molecule has 1 amide bonds. The largest absolute Gasteiger partial charge is 0.358 e. The summed E-state index contributed by atoms with van der Waals surface area (Å²) in [6.07, 6.45) is 2.23. The lowest BCUT2D eigenvalue weighted by atomic mass is 10.0. The van der Waals surface area contributed by atoms with E-state index in [4.69, 9.17) is 0 Å². The minimum absolute atomic E-state index is 0.0343. The Kier molecular flexibility index (Phi) is 4.70. The second-order valence-electron chi connectivity index (χ2n) is 6.41. The first-order valence-electron chi connectivity index (χ1n) is 8.32. The van der Waals surface area contributed by atoms with Gasteiger partial charge in [0.25, 0.3) is 5.56 Å². The van der Waals surface area contributed by atoms with E-state index in [2.05, 4.69) is 46.2 Å². The molecule has 6 heteroatoms. The molecule has 0 aliphatic carbocycles. The van der Waals surface area contributed by atoms with Crippen molar-refractivity contribution >= 4 is 16.8 Å². The topological polar surface area (TPSA) is 90.6 Å². The Labute approximate surface area is 145 Å². The van der Waals surface area contributed by atoms with Crippen LogP contribution in [0.1, 0.15) is 28.1 Å². The zero-order valence-corrected chi connectivity index (χ0v) is 14.7. The van der Waals surface area contributed by atoms with Gasteiger partial charge in [-0.25, -0.2) is 4.98 Å². The summed E-state index contributed by atoms with van der Waals surface area (Å²) in [5.74, 6) is -0.0343. The van der Waals surface area contributed by atoms with Crippen LogP contribution in [-0.2, 0) is 17.6 Å². The molecule has 0 saturated carbocycles. The number of rotatable bonds is 5. The van der Waals surface area contributed by atoms with Crippen LogP contribution >= 0.6 is 0 Å². The molecule has 0 saturated heterocycles. The molecular weight excluding hydrogens is 316 g/mol. The number of hydrogen-bond acceptors (Lipinski definition) is 3. The second kappa shape index (κ2) is 6.93. The van der Waals surface area contributed by atoms with Crippen molar-refractivity contribution in [2.24, 2.45) is 0 Å². The molecule has 0 spiro atoms. The summed E-state index contributed by atoms with van der Waals surface area (Å²) < 4.78 is 0. The number of amides is 1. The van der Waals surface area contributed by atoms with Crippen LogP contribution in [0.25, 0.3) is 10.9 Å². The van der Waals surface area contributed by atoms with Crippen molar-refractivity contribution in [1.82, 2.24) is 20.3 Å². The monoisotopic (exact) mass is 338 g/mol. The highest BCUT2D eigenvalue weighted by molar-refractivity contribution is 5.92. The van der Waals surface area contributed by atoms with Crippen LogP contribution in [0.15, 0.2) is 29.3 Å². The summed E-state index contributed by atoms with van der Waals surface area (Å²) in [6.45, 7) is 6.59. The van der Waals surface area contributed by atoms with E-state index < -0.39 is 0 Å². The van der Waals surface area contributed by atoms with Crippen LogP contribution in [0.5, 0.6) is 0 Å². The van der Waals surface area contributed by atoms with E-state index >= 15 is 0 Å². The maximum Gasteiger partial charge on any atom is 0.250 e. The van der Waals surface area contributed by atoms with Gasteiger partial charge in [0.15, 0.2) is 0 Å². The molecule has 0 aliphatic heterocycles. The predicted molar refractivity (Wildman–Crippen MR) is 97.8 cm³/mol. The third-order valence-electron chi connectivity index (χ3n) is 4.35. The lowest BCUT2D eigenvalue weighted by molar-refractivity contribution is -0.120. The molecule has 0 radical (unpaired) electrons. The van der Waals surface area contributed by atoms with Crippen molar-refractivity contribution in [3.63, 3.8) is 0 Å². The fourth-order valence-corrected chi connectivity index (χ4v) is 3.16. The molecule has 130 valence electrons. The summed E-state index contributed by atoms with van der Waals surface area (Å²) in [4.78, 5) is 33.5. The number of aryl methyl sites for hydroxylation is 3. The number of H-pyrrole nitrogens is 2. The Morgan fingerprint density at radius 2 is 2.00 bits per heavy atom. The lowest BCUT2D eigenvalue weighted by Crippen LogP contribution is -2.27. The number of nitrogens with one attached hydrogen (secondary N) is 3. The van der Waals surface area contributed by atoms with Crippen LogP contribution < -0.4 is 10.9 Å². The van der Waals surface area contributed by atoms with Crippen LogP contribution in [0.3, 0.4) is 0 Å². The molecule has 2 aromatic heterocycles. The Bertz CT molecular complexity index is 985. The summed E-state index contributed by atoms with van der Waals surface area (Å²) in [7, 11) is 0. The van der Waals surface area contributed by atoms with Crippen molar-refractivity contribution in [1.29, 1.82) is 0 Å². The van der Waals surface area contributed by atoms with Gasteiger partial charge in [-0.1, -0.05) is 11.6 Å². The first-order chi connectivity index (χ1) is 11.9. The molecule has 3 rings (SSSR count). The number of aromatic amines is 2. The van der Waals surface area contributed by atoms with Crippen LogP contribution in [0.4, 0.5) is 0 Å². The van der Waals surface area contributed by atoms with Crippen molar-refractivity contribution in [3.05, 3.63) is 63.0 Å². The average Bonchev–Trinajstić information content (AvgIpc) is 2.84. The van der Waals surface area contributed by atoms with Gasteiger partial charge in [0, 0.05) is 41.3 Å². The average molecular weight is 338 g/mol. The van der Waals surface area contributed by atoms with Gasteiger partial charge < -0.3 is 15.3 Å². The van der Waals surface area contributed by atoms with Gasteiger partial charge >= 0.3 is 0 Å². The van der Waals surface area contributed by atoms with Crippen LogP contribution in [-0.4, -0.2) is 27.4 Å². The number of benzene rings is 1. The molecule has 3 aromatic rings. The molecule has 2 heterocycles. The molecule has 1 aromatic carbocycles. The smallest absolute Gasteiger partial charge is 0.250 e. The van der Waals surface area contributed by atoms with E-state index in [-0.39, 0.29) is 11.5 Å². The van der Waals surface area contributed by atoms with E-state index in [1.807, 2.05) is 6.92 Å². The van der Waals surface area contributed by atoms with E-state index in [9.17, 15) is 9.59 Å². The molecule has 3 N–H and O–H groups in total. The molecule has 25 heavy (non-hydrogen) atoms. The summed E-state index contributed by atoms with van der Waals surface area (Å²) in [5.41, 5.74) is 6.01. The van der Waals surface area contributed by atoms with Gasteiger partial charge in [-0.05, 0) is 38.0 Å². The number of carbonyl (C=O) groups is 1. The Morgan fingerprint density at radius 1 is 1.20 bits per heavy atom. The van der Waals surface area contributed by atoms with Gasteiger partial charge in [-0.3, -0.25) is 9.59 Å². The number of carbonyl (C=O) groups excluding carboxylic acids is 1. The van der Waals surface area contributed by atoms with Gasteiger partial charge in [-0.2, -0.15) is 0 Å². The summed E-state index contributed by atoms with van der Waals surface area (Å²) in [5, 5.41) is 4.02. The van der Waals surface area contributed by atoms with Gasteiger partial charge in [0.2, 0.25) is 5.91 Å². The van der Waals surface area contributed by atoms with Crippen LogP contribution in [0, 0.1) is 20.8 Å². The maximum absolute atomic E-state index is 12.3. The number of fused-ring (bicyclic) bond motifs is 1. The Hall–Kier alpha value is -2.89. The fourth-order valence-electron chi connectivity index (χ4n) is 3.16. The van der Waals surface area contributed by atoms with Crippen molar-refractivity contribution in [3.8, 4) is 0 Å².